The number of hydrogen-bond donors (Lipinski definition) is 0. The number of halogens is 2. The maximum atomic E-state index is 12.3. The van der Waals surface area contributed by atoms with Gasteiger partial charge in [0.15, 0.2) is 0 Å². The van der Waals surface area contributed by atoms with Crippen LogP contribution in [0.3, 0.4) is 0 Å². The van der Waals surface area contributed by atoms with Crippen molar-refractivity contribution >= 4 is 11.6 Å². The van der Waals surface area contributed by atoms with Crippen molar-refractivity contribution in [1.29, 1.82) is 0 Å². The lowest BCUT2D eigenvalue weighted by molar-refractivity contribution is 0.516. The Balaban J connectivity index is 4.63. The van der Waals surface area contributed by atoms with Crippen LogP contribution in [-0.4, -0.2) is 0 Å². The Morgan fingerprint density at radius 3 is 2.00 bits per heavy atom. The lowest BCUT2D eigenvalue weighted by Crippen LogP contribution is -2.08. The second-order valence-electron chi connectivity index (χ2n) is 3.67. The molecule has 0 aromatic heterocycles. The van der Waals surface area contributed by atoms with Gasteiger partial charge in [-0.05, 0) is 17.1 Å². The Morgan fingerprint density at radius 1 is 1.33 bits per heavy atom. The van der Waals surface area contributed by atoms with Crippen molar-refractivity contribution < 1.29 is 4.39 Å². The molecule has 0 aliphatic rings. The van der Waals surface area contributed by atoms with Gasteiger partial charge in [-0.1, -0.05) is 45.5 Å². The van der Waals surface area contributed by atoms with E-state index in [4.69, 9.17) is 11.6 Å². The van der Waals surface area contributed by atoms with E-state index in [0.717, 1.165) is 0 Å². The molecule has 68 valence electrons. The summed E-state index contributed by atoms with van der Waals surface area (Å²) in [6.07, 6.45) is 1.18. The lowest BCUT2D eigenvalue weighted by atomic mass is 9.87. The van der Waals surface area contributed by atoms with Crippen molar-refractivity contribution in [3.8, 4) is 0 Å². The fourth-order valence-corrected chi connectivity index (χ4v) is 0.985. The van der Waals surface area contributed by atoms with E-state index >= 15 is 0 Å². The summed E-state index contributed by atoms with van der Waals surface area (Å²) in [4.78, 5) is 0. The lowest BCUT2D eigenvalue weighted by Gasteiger charge is -2.20. The number of rotatable bonds is 2. The summed E-state index contributed by atoms with van der Waals surface area (Å²) in [7, 11) is 0. The highest BCUT2D eigenvalue weighted by Crippen LogP contribution is 2.32. The van der Waals surface area contributed by atoms with E-state index < -0.39 is 5.83 Å². The molecule has 0 N–H and O–H groups in total. The Morgan fingerprint density at radius 2 is 1.75 bits per heavy atom. The van der Waals surface area contributed by atoms with Gasteiger partial charge >= 0.3 is 0 Å². The second kappa shape index (κ2) is 3.90. The molecule has 0 aromatic carbocycles. The van der Waals surface area contributed by atoms with Crippen LogP contribution in [0.25, 0.3) is 0 Å². The highest BCUT2D eigenvalue weighted by Gasteiger charge is 2.17. The summed E-state index contributed by atoms with van der Waals surface area (Å²) in [5.41, 5.74) is 0.575. The molecule has 0 amide bonds. The van der Waals surface area contributed by atoms with E-state index in [1.165, 1.54) is 6.08 Å². The third kappa shape index (κ3) is 3.72. The monoisotopic (exact) mass is 188 g/mol. The minimum Gasteiger partial charge on any atom is -0.208 e. The Labute approximate surface area is 78.4 Å². The first-order chi connectivity index (χ1) is 5.25. The van der Waals surface area contributed by atoms with Crippen molar-refractivity contribution in [2.45, 2.75) is 20.8 Å². The van der Waals surface area contributed by atoms with Crippen LogP contribution in [0.2, 0.25) is 0 Å². The molecule has 0 radical (unpaired) electrons. The van der Waals surface area contributed by atoms with Gasteiger partial charge in [-0.25, -0.2) is 4.39 Å². The molecule has 0 unspecified atom stereocenters. The Kier molecular flexibility index (Phi) is 3.72. The average molecular weight is 189 g/mol. The van der Waals surface area contributed by atoms with Gasteiger partial charge in [0, 0.05) is 5.03 Å². The molecule has 0 bridgehead atoms. The van der Waals surface area contributed by atoms with Crippen LogP contribution in [0.4, 0.5) is 4.39 Å². The van der Waals surface area contributed by atoms with Gasteiger partial charge in [0.1, 0.15) is 5.83 Å². The molecule has 0 nitrogen and oxygen atoms in total. The maximum absolute atomic E-state index is 12.3. The van der Waals surface area contributed by atoms with Crippen LogP contribution in [0, 0.1) is 5.41 Å². The van der Waals surface area contributed by atoms with Gasteiger partial charge in [-0.15, -0.1) is 0 Å². The van der Waals surface area contributed by atoms with Crippen LogP contribution in [0.5, 0.6) is 0 Å². The van der Waals surface area contributed by atoms with Crippen molar-refractivity contribution in [2.24, 2.45) is 5.41 Å². The first-order valence-corrected chi connectivity index (χ1v) is 4.04. The van der Waals surface area contributed by atoms with Gasteiger partial charge in [0.2, 0.25) is 0 Å². The molecule has 0 saturated carbocycles. The Hall–Kier alpha value is -0.560. The summed E-state index contributed by atoms with van der Waals surface area (Å²) < 4.78 is 12.3. The summed E-state index contributed by atoms with van der Waals surface area (Å²) in [5, 5.41) is 0.329. The molecule has 0 aliphatic carbocycles. The van der Waals surface area contributed by atoms with Crippen LogP contribution >= 0.6 is 11.6 Å². The fraction of sp³-hybridized carbons (Fsp3) is 0.400. The standard InChI is InChI=1S/C10H14ClF/c1-7(12)6-9(11)8(2)10(3,4)5/h6H,1-2H2,3-5H3/b9-6+. The van der Waals surface area contributed by atoms with Gasteiger partial charge in [-0.2, -0.15) is 0 Å². The molecule has 0 saturated heterocycles. The molecule has 2 heteroatoms. The topological polar surface area (TPSA) is 0 Å². The molecule has 0 aromatic rings. The van der Waals surface area contributed by atoms with E-state index in [0.29, 0.717) is 10.6 Å². The van der Waals surface area contributed by atoms with Gasteiger partial charge < -0.3 is 0 Å². The van der Waals surface area contributed by atoms with Crippen LogP contribution in [0.15, 0.2) is 35.7 Å². The summed E-state index contributed by atoms with van der Waals surface area (Å²) in [6.45, 7) is 12.8. The van der Waals surface area contributed by atoms with E-state index in [1.807, 2.05) is 20.8 Å². The molecule has 0 heterocycles. The number of hydrogen-bond acceptors (Lipinski definition) is 0. The highest BCUT2D eigenvalue weighted by molar-refractivity contribution is 6.32. The molecule has 0 spiro atoms. The second-order valence-corrected chi connectivity index (χ2v) is 4.07. The third-order valence-electron chi connectivity index (χ3n) is 1.48. The SMILES string of the molecule is C=C(F)/C=C(/Cl)C(=C)C(C)(C)C. The highest BCUT2D eigenvalue weighted by atomic mass is 35.5. The first kappa shape index (κ1) is 11.4. The summed E-state index contributed by atoms with van der Waals surface area (Å²) in [6, 6.07) is 0. The smallest absolute Gasteiger partial charge is 0.117 e. The van der Waals surface area contributed by atoms with Gasteiger partial charge in [0.05, 0.1) is 0 Å². The fourth-order valence-electron chi connectivity index (χ4n) is 0.583. The first-order valence-electron chi connectivity index (χ1n) is 3.66. The molecular formula is C10H14ClF. The molecule has 0 aliphatic heterocycles. The predicted octanol–water partition coefficient (Wildman–Crippen LogP) is 4.19. The third-order valence-corrected chi connectivity index (χ3v) is 1.81. The van der Waals surface area contributed by atoms with E-state index in [2.05, 4.69) is 13.2 Å². The normalized spacial score (nSPS) is 12.9. The zero-order valence-electron chi connectivity index (χ0n) is 7.75. The average Bonchev–Trinajstić information content (AvgIpc) is 1.82. The zero-order chi connectivity index (χ0) is 9.94. The van der Waals surface area contributed by atoms with Gasteiger partial charge in [0.25, 0.3) is 0 Å². The predicted molar refractivity (Wildman–Crippen MR) is 52.8 cm³/mol. The minimum atomic E-state index is -0.551. The molecule has 0 atom stereocenters. The van der Waals surface area contributed by atoms with Crippen LogP contribution in [0.1, 0.15) is 20.8 Å². The Bertz CT molecular complexity index is 231. The maximum Gasteiger partial charge on any atom is 0.117 e. The van der Waals surface area contributed by atoms with E-state index in [1.54, 1.807) is 0 Å². The molecule has 0 fully saturated rings. The van der Waals surface area contributed by atoms with E-state index in [-0.39, 0.29) is 5.41 Å². The van der Waals surface area contributed by atoms with Crippen molar-refractivity contribution in [3.63, 3.8) is 0 Å². The zero-order valence-corrected chi connectivity index (χ0v) is 8.50. The largest absolute Gasteiger partial charge is 0.208 e. The minimum absolute atomic E-state index is 0.136. The molecule has 12 heavy (non-hydrogen) atoms. The van der Waals surface area contributed by atoms with Crippen molar-refractivity contribution in [1.82, 2.24) is 0 Å². The molecule has 0 rings (SSSR count). The summed E-state index contributed by atoms with van der Waals surface area (Å²) in [5.74, 6) is -0.551. The molecular weight excluding hydrogens is 175 g/mol. The van der Waals surface area contributed by atoms with Crippen LogP contribution in [-0.2, 0) is 0 Å². The van der Waals surface area contributed by atoms with Gasteiger partial charge in [-0.3, -0.25) is 0 Å². The number of allylic oxidation sites excluding steroid dienone is 4. The summed E-state index contributed by atoms with van der Waals surface area (Å²) >= 11 is 5.77. The van der Waals surface area contributed by atoms with Crippen LogP contribution < -0.4 is 0 Å². The van der Waals surface area contributed by atoms with E-state index in [9.17, 15) is 4.39 Å². The van der Waals surface area contributed by atoms with Crippen molar-refractivity contribution in [2.75, 3.05) is 0 Å². The quantitative estimate of drug-likeness (QED) is 0.570. The van der Waals surface area contributed by atoms with Crippen molar-refractivity contribution in [3.05, 3.63) is 35.7 Å².